The summed E-state index contributed by atoms with van der Waals surface area (Å²) in [4.78, 5) is 24.4. The minimum absolute atomic E-state index is 0.00270. The lowest BCUT2D eigenvalue weighted by atomic mass is 9.81. The highest BCUT2D eigenvalue weighted by Crippen LogP contribution is 2.30. The molecule has 4 heteroatoms. The van der Waals surface area contributed by atoms with Gasteiger partial charge in [0, 0.05) is 12.0 Å². The van der Waals surface area contributed by atoms with Gasteiger partial charge >= 0.3 is 11.9 Å². The molecule has 0 bridgehead atoms. The lowest BCUT2D eigenvalue weighted by Gasteiger charge is -2.24. The first-order valence-corrected chi connectivity index (χ1v) is 7.09. The van der Waals surface area contributed by atoms with Crippen LogP contribution in [0.25, 0.3) is 0 Å². The lowest BCUT2D eigenvalue weighted by molar-refractivity contribution is -0.168. The molecule has 0 aliphatic rings. The molecule has 120 valence electrons. The van der Waals surface area contributed by atoms with Gasteiger partial charge in [-0.25, -0.2) is 0 Å². The number of carbonyl (C=O) groups excluding carboxylic acids is 2. The van der Waals surface area contributed by atoms with Gasteiger partial charge in [0.2, 0.25) is 0 Å². The lowest BCUT2D eigenvalue weighted by Crippen LogP contribution is -2.40. The molecule has 1 aromatic carbocycles. The minimum Gasteiger partial charge on any atom is -0.468 e. The van der Waals surface area contributed by atoms with Crippen molar-refractivity contribution in [1.29, 1.82) is 0 Å². The predicted octanol–water partition coefficient (Wildman–Crippen LogP) is 2.89. The van der Waals surface area contributed by atoms with Crippen molar-refractivity contribution >= 4 is 11.9 Å². The molecule has 1 rings (SSSR count). The summed E-state index contributed by atoms with van der Waals surface area (Å²) in [5.41, 5.74) is -0.678. The zero-order valence-electron chi connectivity index (χ0n) is 13.4. The highest BCUT2D eigenvalue weighted by atomic mass is 16.5. The topological polar surface area (TPSA) is 52.6 Å². The standard InChI is InChI=1S/C19H20O4/c1-4-5-9-14-19(17(20)22-2,18(21)23-3)15-10-13-16-11-7-6-8-12-16/h4-9,11-12H,1,14-15H2,2-3H3/b9-5-. The number of ether oxygens (including phenoxy) is 2. The van der Waals surface area contributed by atoms with Crippen LogP contribution in [-0.2, 0) is 19.1 Å². The van der Waals surface area contributed by atoms with Gasteiger partial charge in [-0.1, -0.05) is 54.8 Å². The van der Waals surface area contributed by atoms with Crippen LogP contribution in [0.4, 0.5) is 0 Å². The molecule has 0 N–H and O–H groups in total. The molecule has 0 amide bonds. The van der Waals surface area contributed by atoms with E-state index in [0.29, 0.717) is 0 Å². The third kappa shape index (κ3) is 4.86. The molecule has 0 spiro atoms. The van der Waals surface area contributed by atoms with E-state index < -0.39 is 17.4 Å². The molecule has 0 aliphatic carbocycles. The zero-order chi connectivity index (χ0) is 17.1. The summed E-state index contributed by atoms with van der Waals surface area (Å²) in [6.45, 7) is 3.56. The summed E-state index contributed by atoms with van der Waals surface area (Å²) >= 11 is 0. The number of carbonyl (C=O) groups is 2. The second-order valence-corrected chi connectivity index (χ2v) is 4.78. The highest BCUT2D eigenvalue weighted by molar-refractivity contribution is 6.00. The molecular formula is C19H20O4. The molecule has 23 heavy (non-hydrogen) atoms. The largest absolute Gasteiger partial charge is 0.468 e. The maximum Gasteiger partial charge on any atom is 0.324 e. The molecule has 0 fully saturated rings. The van der Waals surface area contributed by atoms with Gasteiger partial charge in [-0.2, -0.15) is 0 Å². The van der Waals surface area contributed by atoms with Gasteiger partial charge in [-0.05, 0) is 18.6 Å². The van der Waals surface area contributed by atoms with E-state index in [2.05, 4.69) is 18.4 Å². The van der Waals surface area contributed by atoms with E-state index in [1.54, 1.807) is 18.2 Å². The molecule has 0 heterocycles. The second kappa shape index (κ2) is 9.26. The van der Waals surface area contributed by atoms with Gasteiger partial charge in [0.05, 0.1) is 14.2 Å². The van der Waals surface area contributed by atoms with Gasteiger partial charge in [0.25, 0.3) is 0 Å². The smallest absolute Gasteiger partial charge is 0.324 e. The van der Waals surface area contributed by atoms with Crippen LogP contribution < -0.4 is 0 Å². The Morgan fingerprint density at radius 1 is 1.17 bits per heavy atom. The first kappa shape index (κ1) is 18.2. The Labute approximate surface area is 136 Å². The van der Waals surface area contributed by atoms with Crippen molar-refractivity contribution in [3.05, 3.63) is 60.7 Å². The van der Waals surface area contributed by atoms with Crippen LogP contribution in [0.2, 0.25) is 0 Å². The molecule has 0 saturated carbocycles. The first-order chi connectivity index (χ1) is 11.1. The van der Waals surface area contributed by atoms with E-state index >= 15 is 0 Å². The van der Waals surface area contributed by atoms with Gasteiger partial charge < -0.3 is 9.47 Å². The summed E-state index contributed by atoms with van der Waals surface area (Å²) in [7, 11) is 2.48. The van der Waals surface area contributed by atoms with Crippen molar-refractivity contribution < 1.29 is 19.1 Å². The van der Waals surface area contributed by atoms with Crippen molar-refractivity contribution in [1.82, 2.24) is 0 Å². The van der Waals surface area contributed by atoms with E-state index in [9.17, 15) is 9.59 Å². The Morgan fingerprint density at radius 3 is 2.30 bits per heavy atom. The van der Waals surface area contributed by atoms with Gasteiger partial charge in [-0.3, -0.25) is 9.59 Å². The average Bonchev–Trinajstić information content (AvgIpc) is 2.60. The fourth-order valence-electron chi connectivity index (χ4n) is 2.04. The maximum absolute atomic E-state index is 12.2. The molecular weight excluding hydrogens is 292 g/mol. The maximum atomic E-state index is 12.2. The molecule has 0 radical (unpaired) electrons. The number of esters is 2. The number of benzene rings is 1. The Kier molecular flexibility index (Phi) is 7.35. The summed E-state index contributed by atoms with van der Waals surface area (Å²) in [5, 5.41) is 0. The van der Waals surface area contributed by atoms with Crippen LogP contribution in [0.1, 0.15) is 18.4 Å². The van der Waals surface area contributed by atoms with Crippen molar-refractivity contribution in [3.63, 3.8) is 0 Å². The van der Waals surface area contributed by atoms with Gasteiger partial charge in [0.15, 0.2) is 5.41 Å². The summed E-state index contributed by atoms with van der Waals surface area (Å²) in [6.07, 6.45) is 5.02. The average molecular weight is 312 g/mol. The second-order valence-electron chi connectivity index (χ2n) is 4.78. The zero-order valence-corrected chi connectivity index (χ0v) is 13.4. The molecule has 1 aromatic rings. The Balaban J connectivity index is 3.13. The van der Waals surface area contributed by atoms with Crippen LogP contribution in [0, 0.1) is 17.3 Å². The summed E-state index contributed by atoms with van der Waals surface area (Å²) < 4.78 is 9.61. The van der Waals surface area contributed by atoms with Crippen LogP contribution >= 0.6 is 0 Å². The molecule has 0 saturated heterocycles. The Morgan fingerprint density at radius 2 is 1.78 bits per heavy atom. The van der Waals surface area contributed by atoms with Gasteiger partial charge in [-0.15, -0.1) is 0 Å². The first-order valence-electron chi connectivity index (χ1n) is 7.09. The van der Waals surface area contributed by atoms with Crippen LogP contribution in [0.3, 0.4) is 0 Å². The van der Waals surface area contributed by atoms with Crippen molar-refractivity contribution in [2.24, 2.45) is 5.41 Å². The third-order valence-corrected chi connectivity index (χ3v) is 3.29. The van der Waals surface area contributed by atoms with E-state index in [-0.39, 0.29) is 12.8 Å². The number of rotatable bonds is 6. The van der Waals surface area contributed by atoms with Crippen LogP contribution in [-0.4, -0.2) is 26.2 Å². The van der Waals surface area contributed by atoms with Gasteiger partial charge in [0.1, 0.15) is 0 Å². The van der Waals surface area contributed by atoms with E-state index in [1.165, 1.54) is 14.2 Å². The quantitative estimate of drug-likeness (QED) is 0.351. The monoisotopic (exact) mass is 312 g/mol. The SMILES string of the molecule is C=C/C=C\CC(CC#Cc1ccccc1)(C(=O)OC)C(=O)OC. The number of hydrogen-bond acceptors (Lipinski definition) is 4. The normalized spacial score (nSPS) is 10.5. The predicted molar refractivity (Wildman–Crippen MR) is 88.4 cm³/mol. The fraction of sp³-hybridized carbons (Fsp3) is 0.263. The fourth-order valence-corrected chi connectivity index (χ4v) is 2.04. The van der Waals surface area contributed by atoms with Crippen molar-refractivity contribution in [2.75, 3.05) is 14.2 Å². The van der Waals surface area contributed by atoms with Crippen molar-refractivity contribution in [2.45, 2.75) is 12.8 Å². The highest BCUT2D eigenvalue weighted by Gasteiger charge is 2.47. The Hall–Kier alpha value is -2.80. The minimum atomic E-state index is -1.48. The van der Waals surface area contributed by atoms with E-state index in [1.807, 2.05) is 30.3 Å². The molecule has 0 atom stereocenters. The molecule has 0 unspecified atom stereocenters. The number of methoxy groups -OCH3 is 2. The van der Waals surface area contributed by atoms with E-state index in [4.69, 9.17) is 9.47 Å². The van der Waals surface area contributed by atoms with Crippen LogP contribution in [0.15, 0.2) is 55.1 Å². The number of allylic oxidation sites excluding steroid dienone is 3. The van der Waals surface area contributed by atoms with E-state index in [0.717, 1.165) is 5.56 Å². The molecule has 0 aromatic heterocycles. The third-order valence-electron chi connectivity index (χ3n) is 3.29. The van der Waals surface area contributed by atoms with Crippen LogP contribution in [0.5, 0.6) is 0 Å². The van der Waals surface area contributed by atoms with Crippen molar-refractivity contribution in [3.8, 4) is 11.8 Å². The number of hydrogen-bond donors (Lipinski definition) is 0. The summed E-state index contributed by atoms with van der Waals surface area (Å²) in [5.74, 6) is 4.49. The molecule has 0 aliphatic heterocycles. The molecule has 4 nitrogen and oxygen atoms in total. The Bertz CT molecular complexity index is 616. The summed E-state index contributed by atoms with van der Waals surface area (Å²) in [6, 6.07) is 9.32.